The molecule has 0 amide bonds. The first-order valence-corrected chi connectivity index (χ1v) is 4.48. The zero-order valence-electron chi connectivity index (χ0n) is 7.61. The van der Waals surface area contributed by atoms with Crippen molar-refractivity contribution in [2.75, 3.05) is 6.61 Å². The molecule has 6 N–H and O–H groups in total. The van der Waals surface area contributed by atoms with E-state index in [4.69, 9.17) is 5.11 Å². The van der Waals surface area contributed by atoms with E-state index in [9.17, 15) is 25.5 Å². The van der Waals surface area contributed by atoms with E-state index in [1.165, 1.54) is 0 Å². The summed E-state index contributed by atoms with van der Waals surface area (Å²) in [6.07, 6.45) is -6.12. The Morgan fingerprint density at radius 1 is 1.07 bits per heavy atom. The number of aliphatic hydroxyl groups excluding tert-OH is 5. The zero-order valence-corrected chi connectivity index (χ0v) is 7.61. The second kappa shape index (κ2) is 4.09. The topological polar surface area (TPSA) is 121 Å². The number of hydrogen-bond acceptors (Lipinski definition) is 6. The molecular weight excluding hydrogens is 192 g/mol. The third-order valence-electron chi connectivity index (χ3n) is 2.76. The van der Waals surface area contributed by atoms with Crippen LogP contribution < -0.4 is 0 Å². The van der Waals surface area contributed by atoms with Crippen molar-refractivity contribution in [2.45, 2.75) is 42.9 Å². The van der Waals surface area contributed by atoms with Gasteiger partial charge in [0.15, 0.2) is 0 Å². The fraction of sp³-hybridized carbons (Fsp3) is 1.00. The van der Waals surface area contributed by atoms with Gasteiger partial charge in [-0.3, -0.25) is 0 Å². The molecule has 0 aliphatic heterocycles. The van der Waals surface area contributed by atoms with Gasteiger partial charge in [0.2, 0.25) is 0 Å². The number of hydrogen-bond donors (Lipinski definition) is 6. The Kier molecular flexibility index (Phi) is 3.46. The summed E-state index contributed by atoms with van der Waals surface area (Å²) in [7, 11) is 0. The molecule has 5 atom stereocenters. The maximum absolute atomic E-state index is 9.65. The van der Waals surface area contributed by atoms with E-state index in [1.807, 2.05) is 0 Å². The summed E-state index contributed by atoms with van der Waals surface area (Å²) < 4.78 is 0. The molecule has 0 spiro atoms. The van der Waals surface area contributed by atoms with Crippen LogP contribution >= 0.6 is 0 Å². The van der Waals surface area contributed by atoms with Crippen LogP contribution in [-0.4, -0.2) is 67.3 Å². The number of rotatable bonds is 1. The SMILES string of the molecule is OC[C@@]1(O)CC[C@@H](O)[C@@H](O)[C@@H](O)[C@@H]1O. The van der Waals surface area contributed by atoms with Crippen molar-refractivity contribution in [3.8, 4) is 0 Å². The molecule has 0 aromatic heterocycles. The van der Waals surface area contributed by atoms with Crippen LogP contribution in [-0.2, 0) is 0 Å². The second-order valence-electron chi connectivity index (χ2n) is 3.79. The quantitative estimate of drug-likeness (QED) is 0.255. The molecule has 1 rings (SSSR count). The summed E-state index contributed by atoms with van der Waals surface area (Å²) in [5.74, 6) is 0. The maximum atomic E-state index is 9.65. The molecule has 6 heteroatoms. The summed E-state index contributed by atoms with van der Waals surface area (Å²) in [6, 6.07) is 0. The van der Waals surface area contributed by atoms with Gasteiger partial charge >= 0.3 is 0 Å². The van der Waals surface area contributed by atoms with Gasteiger partial charge in [-0.2, -0.15) is 0 Å². The van der Waals surface area contributed by atoms with Crippen molar-refractivity contribution in [1.82, 2.24) is 0 Å². The summed E-state index contributed by atoms with van der Waals surface area (Å²) in [5, 5.41) is 55.8. The van der Waals surface area contributed by atoms with Gasteiger partial charge in [0.05, 0.1) is 12.7 Å². The molecule has 1 aliphatic rings. The van der Waals surface area contributed by atoms with Crippen LogP contribution in [0.15, 0.2) is 0 Å². The average Bonchev–Trinajstić information content (AvgIpc) is 2.26. The highest BCUT2D eigenvalue weighted by Gasteiger charge is 2.46. The van der Waals surface area contributed by atoms with E-state index in [-0.39, 0.29) is 12.8 Å². The Bertz CT molecular complexity index is 198. The van der Waals surface area contributed by atoms with Crippen molar-refractivity contribution in [3.05, 3.63) is 0 Å². The monoisotopic (exact) mass is 208 g/mol. The minimum atomic E-state index is -1.86. The lowest BCUT2D eigenvalue weighted by Gasteiger charge is -2.32. The first-order valence-electron chi connectivity index (χ1n) is 4.48. The highest BCUT2D eigenvalue weighted by molar-refractivity contribution is 4.98. The maximum Gasteiger partial charge on any atom is 0.116 e. The molecule has 1 aliphatic carbocycles. The van der Waals surface area contributed by atoms with Crippen LogP contribution in [0.4, 0.5) is 0 Å². The van der Waals surface area contributed by atoms with Gasteiger partial charge in [0.25, 0.3) is 0 Å². The van der Waals surface area contributed by atoms with E-state index >= 15 is 0 Å². The lowest BCUT2D eigenvalue weighted by Crippen LogP contribution is -2.54. The largest absolute Gasteiger partial charge is 0.393 e. The van der Waals surface area contributed by atoms with Gasteiger partial charge in [-0.05, 0) is 12.8 Å². The van der Waals surface area contributed by atoms with E-state index < -0.39 is 36.6 Å². The predicted molar refractivity (Wildman–Crippen MR) is 45.3 cm³/mol. The molecule has 0 aromatic rings. The highest BCUT2D eigenvalue weighted by atomic mass is 16.4. The van der Waals surface area contributed by atoms with Gasteiger partial charge in [-0.15, -0.1) is 0 Å². The van der Waals surface area contributed by atoms with Crippen LogP contribution in [0.3, 0.4) is 0 Å². The highest BCUT2D eigenvalue weighted by Crippen LogP contribution is 2.27. The van der Waals surface area contributed by atoms with E-state index in [0.717, 1.165) is 0 Å². The van der Waals surface area contributed by atoms with Gasteiger partial charge in [-0.1, -0.05) is 0 Å². The van der Waals surface area contributed by atoms with Crippen molar-refractivity contribution >= 4 is 0 Å². The minimum Gasteiger partial charge on any atom is -0.393 e. The lowest BCUT2D eigenvalue weighted by molar-refractivity contribution is -0.165. The summed E-state index contributed by atoms with van der Waals surface area (Å²) in [5.41, 5.74) is -1.86. The first kappa shape index (κ1) is 11.8. The Morgan fingerprint density at radius 2 is 1.64 bits per heavy atom. The summed E-state index contributed by atoms with van der Waals surface area (Å²) in [4.78, 5) is 0. The van der Waals surface area contributed by atoms with E-state index in [0.29, 0.717) is 0 Å². The Hall–Kier alpha value is -0.240. The van der Waals surface area contributed by atoms with Crippen molar-refractivity contribution < 1.29 is 30.6 Å². The Morgan fingerprint density at radius 3 is 2.14 bits per heavy atom. The third-order valence-corrected chi connectivity index (χ3v) is 2.76. The van der Waals surface area contributed by atoms with Gasteiger partial charge in [0, 0.05) is 0 Å². The molecule has 0 radical (unpaired) electrons. The Labute approximate surface area is 81.1 Å². The van der Waals surface area contributed by atoms with Crippen LogP contribution in [0, 0.1) is 0 Å². The smallest absolute Gasteiger partial charge is 0.116 e. The van der Waals surface area contributed by atoms with Gasteiger partial charge < -0.3 is 30.6 Å². The molecule has 0 heterocycles. The van der Waals surface area contributed by atoms with Crippen LogP contribution in [0.25, 0.3) is 0 Å². The van der Waals surface area contributed by atoms with Crippen LogP contribution in [0.2, 0.25) is 0 Å². The second-order valence-corrected chi connectivity index (χ2v) is 3.79. The first-order chi connectivity index (χ1) is 6.42. The predicted octanol–water partition coefficient (Wildman–Crippen LogP) is -3.05. The van der Waals surface area contributed by atoms with Gasteiger partial charge in [-0.25, -0.2) is 0 Å². The van der Waals surface area contributed by atoms with E-state index in [2.05, 4.69) is 0 Å². The number of aliphatic hydroxyl groups is 6. The minimum absolute atomic E-state index is 0.00630. The van der Waals surface area contributed by atoms with Crippen molar-refractivity contribution in [2.24, 2.45) is 0 Å². The molecule has 14 heavy (non-hydrogen) atoms. The van der Waals surface area contributed by atoms with E-state index in [1.54, 1.807) is 0 Å². The fourth-order valence-corrected chi connectivity index (χ4v) is 1.62. The molecular formula is C8H16O6. The average molecular weight is 208 g/mol. The van der Waals surface area contributed by atoms with Crippen LogP contribution in [0.5, 0.6) is 0 Å². The molecule has 0 unspecified atom stereocenters. The molecule has 0 bridgehead atoms. The summed E-state index contributed by atoms with van der Waals surface area (Å²) in [6.45, 7) is -0.731. The fourth-order valence-electron chi connectivity index (χ4n) is 1.62. The molecule has 0 aromatic carbocycles. The molecule has 6 nitrogen and oxygen atoms in total. The lowest BCUT2D eigenvalue weighted by atomic mass is 9.91. The molecule has 1 saturated carbocycles. The standard InChI is InChI=1S/C8H16O6/c9-3-8(14)2-1-4(10)5(11)6(12)7(8)13/h4-7,9-14H,1-3H2/t4-,5-,6-,7+,8+/m1/s1. The molecule has 0 saturated heterocycles. The Balaban J connectivity index is 2.86. The van der Waals surface area contributed by atoms with Crippen molar-refractivity contribution in [3.63, 3.8) is 0 Å². The van der Waals surface area contributed by atoms with Gasteiger partial charge in [0.1, 0.15) is 23.9 Å². The normalized spacial score (nSPS) is 50.1. The van der Waals surface area contributed by atoms with Crippen LogP contribution in [0.1, 0.15) is 12.8 Å². The zero-order chi connectivity index (χ0) is 10.9. The van der Waals surface area contributed by atoms with Crippen molar-refractivity contribution in [1.29, 1.82) is 0 Å². The third kappa shape index (κ3) is 1.90. The molecule has 84 valence electrons. The molecule has 1 fully saturated rings. The summed E-state index contributed by atoms with van der Waals surface area (Å²) >= 11 is 0.